The maximum Gasteiger partial charge on any atom is 0.123 e. The molecule has 1 aromatic heterocycles. The zero-order chi connectivity index (χ0) is 9.14. The Kier molecular flexibility index (Phi) is 3.88. The first-order valence-corrected chi connectivity index (χ1v) is 5.54. The van der Waals surface area contributed by atoms with E-state index in [1.165, 1.54) is 11.3 Å². The molecule has 2 unspecified atom stereocenters. The Balaban J connectivity index is 2.70. The largest absolute Gasteiger partial charge is 0.386 e. The van der Waals surface area contributed by atoms with E-state index in [1.54, 1.807) is 6.20 Å². The molecule has 1 heterocycles. The van der Waals surface area contributed by atoms with Gasteiger partial charge in [-0.15, -0.1) is 11.3 Å². The van der Waals surface area contributed by atoms with Crippen LogP contribution in [0.2, 0.25) is 0 Å². The SMILES string of the molecule is CC(CN)C(O)c1ncc(I)s1. The highest BCUT2D eigenvalue weighted by Crippen LogP contribution is 2.25. The fourth-order valence-corrected chi connectivity index (χ4v) is 2.36. The van der Waals surface area contributed by atoms with Gasteiger partial charge < -0.3 is 10.8 Å². The van der Waals surface area contributed by atoms with Gasteiger partial charge in [0.25, 0.3) is 0 Å². The topological polar surface area (TPSA) is 59.1 Å². The summed E-state index contributed by atoms with van der Waals surface area (Å²) in [4.78, 5) is 4.09. The minimum atomic E-state index is -0.511. The molecule has 0 saturated carbocycles. The van der Waals surface area contributed by atoms with Gasteiger partial charge in [-0.2, -0.15) is 0 Å². The first-order chi connectivity index (χ1) is 5.65. The summed E-state index contributed by atoms with van der Waals surface area (Å²) in [6.45, 7) is 2.40. The van der Waals surface area contributed by atoms with Crippen molar-refractivity contribution >= 4 is 33.9 Å². The second kappa shape index (κ2) is 4.50. The summed E-state index contributed by atoms with van der Waals surface area (Å²) >= 11 is 3.69. The summed E-state index contributed by atoms with van der Waals surface area (Å²) in [6.07, 6.45) is 1.25. The number of aliphatic hydroxyl groups excluding tert-OH is 1. The van der Waals surface area contributed by atoms with Crippen molar-refractivity contribution in [2.45, 2.75) is 13.0 Å². The van der Waals surface area contributed by atoms with Gasteiger partial charge >= 0.3 is 0 Å². The summed E-state index contributed by atoms with van der Waals surface area (Å²) in [5, 5.41) is 10.4. The number of halogens is 1. The van der Waals surface area contributed by atoms with Crippen LogP contribution in [0.1, 0.15) is 18.0 Å². The van der Waals surface area contributed by atoms with E-state index in [0.29, 0.717) is 6.54 Å². The van der Waals surface area contributed by atoms with E-state index in [-0.39, 0.29) is 5.92 Å². The number of nitrogens with zero attached hydrogens (tertiary/aromatic N) is 1. The number of nitrogens with two attached hydrogens (primary N) is 1. The molecule has 1 aromatic rings. The maximum atomic E-state index is 9.67. The monoisotopic (exact) mass is 298 g/mol. The molecule has 0 aliphatic carbocycles. The number of hydrogen-bond acceptors (Lipinski definition) is 4. The lowest BCUT2D eigenvalue weighted by Gasteiger charge is -2.13. The summed E-state index contributed by atoms with van der Waals surface area (Å²) < 4.78 is 1.09. The Morgan fingerprint density at radius 3 is 2.92 bits per heavy atom. The second-order valence-electron chi connectivity index (χ2n) is 2.66. The number of aromatic nitrogens is 1. The van der Waals surface area contributed by atoms with Gasteiger partial charge in [0, 0.05) is 5.92 Å². The predicted octanol–water partition coefficient (Wildman–Crippen LogP) is 1.38. The van der Waals surface area contributed by atoms with E-state index in [9.17, 15) is 5.11 Å². The van der Waals surface area contributed by atoms with Gasteiger partial charge in [0.1, 0.15) is 11.1 Å². The molecule has 68 valence electrons. The quantitative estimate of drug-likeness (QED) is 0.829. The van der Waals surface area contributed by atoms with Crippen molar-refractivity contribution in [3.05, 3.63) is 14.1 Å². The fraction of sp³-hybridized carbons (Fsp3) is 0.571. The van der Waals surface area contributed by atoms with E-state index in [2.05, 4.69) is 27.6 Å². The first kappa shape index (κ1) is 10.4. The second-order valence-corrected chi connectivity index (χ2v) is 5.62. The molecule has 0 spiro atoms. The molecule has 0 amide bonds. The van der Waals surface area contributed by atoms with Crippen LogP contribution in [0.3, 0.4) is 0 Å². The normalized spacial score (nSPS) is 16.0. The molecule has 0 radical (unpaired) electrons. The molecule has 1 rings (SSSR count). The maximum absolute atomic E-state index is 9.67. The zero-order valence-electron chi connectivity index (χ0n) is 6.70. The van der Waals surface area contributed by atoms with E-state index in [1.807, 2.05) is 6.92 Å². The number of rotatable bonds is 3. The molecule has 12 heavy (non-hydrogen) atoms. The van der Waals surface area contributed by atoms with Crippen LogP contribution < -0.4 is 5.73 Å². The molecular weight excluding hydrogens is 287 g/mol. The van der Waals surface area contributed by atoms with Crippen LogP contribution in [0.25, 0.3) is 0 Å². The minimum absolute atomic E-state index is 0.0759. The Bertz CT molecular complexity index is 253. The van der Waals surface area contributed by atoms with Crippen LogP contribution in [0, 0.1) is 8.80 Å². The van der Waals surface area contributed by atoms with Crippen molar-refractivity contribution in [1.29, 1.82) is 0 Å². The Hall–Kier alpha value is 0.280. The zero-order valence-corrected chi connectivity index (χ0v) is 9.67. The van der Waals surface area contributed by atoms with Gasteiger partial charge in [-0.25, -0.2) is 4.98 Å². The highest BCUT2D eigenvalue weighted by Gasteiger charge is 2.17. The van der Waals surface area contributed by atoms with Crippen molar-refractivity contribution in [3.63, 3.8) is 0 Å². The third kappa shape index (κ3) is 2.38. The van der Waals surface area contributed by atoms with Crippen LogP contribution in [0.15, 0.2) is 6.20 Å². The third-order valence-electron chi connectivity index (χ3n) is 1.66. The molecule has 3 N–H and O–H groups in total. The predicted molar refractivity (Wildman–Crippen MR) is 58.0 cm³/mol. The molecule has 0 saturated heterocycles. The van der Waals surface area contributed by atoms with Crippen molar-refractivity contribution in [1.82, 2.24) is 4.98 Å². The lowest BCUT2D eigenvalue weighted by atomic mass is 10.1. The molecular formula is C7H11IN2OS. The highest BCUT2D eigenvalue weighted by molar-refractivity contribution is 14.1. The Morgan fingerprint density at radius 1 is 1.83 bits per heavy atom. The van der Waals surface area contributed by atoms with Crippen LogP contribution in [-0.4, -0.2) is 16.6 Å². The molecule has 2 atom stereocenters. The molecule has 0 fully saturated rings. The molecule has 0 aliphatic heterocycles. The lowest BCUT2D eigenvalue weighted by Crippen LogP contribution is -2.18. The molecule has 0 aliphatic rings. The highest BCUT2D eigenvalue weighted by atomic mass is 127. The Morgan fingerprint density at radius 2 is 2.50 bits per heavy atom. The van der Waals surface area contributed by atoms with Gasteiger partial charge in [-0.3, -0.25) is 0 Å². The average Bonchev–Trinajstić information content (AvgIpc) is 2.49. The van der Waals surface area contributed by atoms with E-state index < -0.39 is 6.10 Å². The van der Waals surface area contributed by atoms with Gasteiger partial charge in [-0.05, 0) is 29.1 Å². The Labute approximate surface area is 89.1 Å². The summed E-state index contributed by atoms with van der Waals surface area (Å²) in [7, 11) is 0. The van der Waals surface area contributed by atoms with E-state index in [4.69, 9.17) is 5.73 Å². The van der Waals surface area contributed by atoms with Crippen molar-refractivity contribution in [2.24, 2.45) is 11.7 Å². The van der Waals surface area contributed by atoms with Crippen molar-refractivity contribution < 1.29 is 5.11 Å². The van der Waals surface area contributed by atoms with E-state index in [0.717, 1.165) is 7.89 Å². The van der Waals surface area contributed by atoms with Crippen LogP contribution >= 0.6 is 33.9 Å². The van der Waals surface area contributed by atoms with Crippen molar-refractivity contribution in [3.8, 4) is 0 Å². The average molecular weight is 298 g/mol. The number of aliphatic hydroxyl groups is 1. The lowest BCUT2D eigenvalue weighted by molar-refractivity contribution is 0.121. The summed E-state index contributed by atoms with van der Waals surface area (Å²) in [5.41, 5.74) is 5.43. The number of thiazole rings is 1. The first-order valence-electron chi connectivity index (χ1n) is 3.64. The van der Waals surface area contributed by atoms with Crippen molar-refractivity contribution in [2.75, 3.05) is 6.54 Å². The van der Waals surface area contributed by atoms with E-state index >= 15 is 0 Å². The minimum Gasteiger partial charge on any atom is -0.386 e. The summed E-state index contributed by atoms with van der Waals surface area (Å²) in [5.74, 6) is 0.0759. The van der Waals surface area contributed by atoms with Gasteiger partial charge in [0.15, 0.2) is 0 Å². The molecule has 0 bridgehead atoms. The smallest absolute Gasteiger partial charge is 0.123 e. The molecule has 5 heteroatoms. The number of hydrogen-bond donors (Lipinski definition) is 2. The van der Waals surface area contributed by atoms with Gasteiger partial charge in [-0.1, -0.05) is 6.92 Å². The third-order valence-corrected chi connectivity index (χ3v) is 3.45. The molecule has 3 nitrogen and oxygen atoms in total. The van der Waals surface area contributed by atoms with Crippen LogP contribution in [0.5, 0.6) is 0 Å². The molecule has 0 aromatic carbocycles. The van der Waals surface area contributed by atoms with Crippen LogP contribution in [-0.2, 0) is 0 Å². The van der Waals surface area contributed by atoms with Gasteiger partial charge in [0.2, 0.25) is 0 Å². The summed E-state index contributed by atoms with van der Waals surface area (Å²) in [6, 6.07) is 0. The standard InChI is InChI=1S/C7H11IN2OS/c1-4(2-9)6(11)7-10-3-5(8)12-7/h3-4,6,11H,2,9H2,1H3. The van der Waals surface area contributed by atoms with Crippen LogP contribution in [0.4, 0.5) is 0 Å². The fourth-order valence-electron chi connectivity index (χ4n) is 0.776. The van der Waals surface area contributed by atoms with Gasteiger partial charge in [0.05, 0.1) is 9.08 Å².